The molecule has 30 heavy (non-hydrogen) atoms. The largest absolute Gasteiger partial charge is 0.393 e. The normalized spacial score (nSPS) is 26.4. The molecule has 1 fully saturated rings. The second kappa shape index (κ2) is 11.2. The van der Waals surface area contributed by atoms with Gasteiger partial charge < -0.3 is 21.1 Å². The zero-order chi connectivity index (χ0) is 22.3. The quantitative estimate of drug-likeness (QED) is 0.302. The molecule has 8 heteroatoms. The Hall–Kier alpha value is -1.51. The molecular weight excluding hydrogens is 426 g/mol. The lowest BCUT2D eigenvalue weighted by molar-refractivity contribution is -0.113. The fourth-order valence-electron chi connectivity index (χ4n) is 3.99. The van der Waals surface area contributed by atoms with Gasteiger partial charge in [-0.25, -0.2) is 0 Å². The third-order valence-corrected chi connectivity index (χ3v) is 7.24. The van der Waals surface area contributed by atoms with E-state index in [0.29, 0.717) is 25.7 Å². The first-order valence-electron chi connectivity index (χ1n) is 10.00. The minimum absolute atomic E-state index is 0.155. The number of aliphatic hydroxyl groups is 3. The number of nitrogens with two attached hydrogens (primary N) is 1. The van der Waals surface area contributed by atoms with Crippen LogP contribution in [-0.2, 0) is 16.0 Å². The van der Waals surface area contributed by atoms with Crippen LogP contribution < -0.4 is 5.73 Å². The van der Waals surface area contributed by atoms with Gasteiger partial charge in [-0.05, 0) is 51.2 Å². The van der Waals surface area contributed by atoms with Crippen molar-refractivity contribution in [3.05, 3.63) is 45.1 Å². The van der Waals surface area contributed by atoms with Crippen LogP contribution in [0.1, 0.15) is 41.9 Å². The van der Waals surface area contributed by atoms with Gasteiger partial charge >= 0.3 is 0 Å². The molecule has 1 heterocycles. The molecule has 1 aliphatic rings. The topological polar surface area (TPSA) is 121 Å². The number of carbonyl (C=O) groups is 1. The Bertz CT molecular complexity index is 773. The van der Waals surface area contributed by atoms with Crippen molar-refractivity contribution in [2.24, 2.45) is 17.1 Å². The van der Waals surface area contributed by atoms with Crippen LogP contribution in [0.5, 0.6) is 0 Å². The number of hydrogen-bond acceptors (Lipinski definition) is 6. The van der Waals surface area contributed by atoms with Gasteiger partial charge in [0.25, 0.3) is 0 Å². The van der Waals surface area contributed by atoms with Crippen molar-refractivity contribution in [2.45, 2.75) is 63.8 Å². The maximum atomic E-state index is 11.7. The zero-order valence-corrected chi connectivity index (χ0v) is 18.5. The van der Waals surface area contributed by atoms with E-state index in [2.05, 4.69) is 0 Å². The standard InChI is InChI=1S/C22H29ClNO5S/c1-14-19(23)11-18(30-14)7-6-16(26)8-9-22(12-17(27)10-20(22)28)15(13-25)4-2-3-5-21(24)29/h3,5,8-9,11,15-17,20,26-28H,2,4,6-7,10,12H2,1H3,(H2,24,29)/b5-3-,9-8+/t15-,16?,17-,20-,22-/m0/s1. The van der Waals surface area contributed by atoms with Crippen molar-refractivity contribution >= 4 is 35.1 Å². The monoisotopic (exact) mass is 454 g/mol. The molecule has 1 saturated carbocycles. The molecule has 165 valence electrons. The van der Waals surface area contributed by atoms with Crippen molar-refractivity contribution in [1.82, 2.24) is 0 Å². The Kier molecular flexibility index (Phi) is 9.25. The van der Waals surface area contributed by atoms with E-state index >= 15 is 0 Å². The molecule has 0 aliphatic heterocycles. The summed E-state index contributed by atoms with van der Waals surface area (Å²) in [6.45, 7) is 1.94. The number of thiophene rings is 1. The summed E-state index contributed by atoms with van der Waals surface area (Å²) in [5, 5.41) is 31.9. The van der Waals surface area contributed by atoms with Crippen molar-refractivity contribution in [1.29, 1.82) is 0 Å². The van der Waals surface area contributed by atoms with Crippen molar-refractivity contribution < 1.29 is 24.9 Å². The summed E-state index contributed by atoms with van der Waals surface area (Å²) in [5.74, 6) is -1.26. The fourth-order valence-corrected chi connectivity index (χ4v) is 5.25. The molecule has 5 N–H and O–H groups in total. The van der Waals surface area contributed by atoms with E-state index in [1.807, 2.05) is 19.3 Å². The van der Waals surface area contributed by atoms with E-state index in [0.717, 1.165) is 14.8 Å². The van der Waals surface area contributed by atoms with E-state index in [1.165, 1.54) is 6.08 Å². The summed E-state index contributed by atoms with van der Waals surface area (Å²) in [6, 6.07) is 1.90. The molecular formula is C22H29ClNO5S. The van der Waals surface area contributed by atoms with Crippen molar-refractivity contribution in [3.63, 3.8) is 0 Å². The van der Waals surface area contributed by atoms with E-state index in [-0.39, 0.29) is 12.8 Å². The van der Waals surface area contributed by atoms with Gasteiger partial charge in [0, 0.05) is 27.5 Å². The van der Waals surface area contributed by atoms with Crippen LogP contribution in [0, 0.1) is 18.3 Å². The third kappa shape index (κ3) is 6.49. The van der Waals surface area contributed by atoms with E-state index in [9.17, 15) is 24.9 Å². The zero-order valence-electron chi connectivity index (χ0n) is 17.0. The van der Waals surface area contributed by atoms with Crippen LogP contribution in [-0.4, -0.2) is 45.8 Å². The Morgan fingerprint density at radius 1 is 1.47 bits per heavy atom. The molecule has 1 aliphatic carbocycles. The second-order valence-electron chi connectivity index (χ2n) is 7.86. The minimum Gasteiger partial charge on any atom is -0.393 e. The Morgan fingerprint density at radius 2 is 2.20 bits per heavy atom. The van der Waals surface area contributed by atoms with Crippen LogP contribution in [0.2, 0.25) is 5.02 Å². The highest BCUT2D eigenvalue weighted by atomic mass is 35.5. The fraction of sp³-hybridized carbons (Fsp3) is 0.545. The van der Waals surface area contributed by atoms with E-state index in [1.54, 1.807) is 29.6 Å². The van der Waals surface area contributed by atoms with Gasteiger partial charge in [0.15, 0.2) is 0 Å². The van der Waals surface area contributed by atoms with Gasteiger partial charge in [0.1, 0.15) is 0 Å². The number of amides is 1. The molecule has 1 aromatic rings. The lowest BCUT2D eigenvalue weighted by atomic mass is 9.70. The first-order chi connectivity index (χ1) is 14.2. The molecule has 0 bridgehead atoms. The van der Waals surface area contributed by atoms with Crippen LogP contribution in [0.15, 0.2) is 30.4 Å². The van der Waals surface area contributed by atoms with Crippen LogP contribution in [0.3, 0.4) is 0 Å². The first-order valence-corrected chi connectivity index (χ1v) is 11.2. The summed E-state index contributed by atoms with van der Waals surface area (Å²) in [5.41, 5.74) is 4.06. The first kappa shape index (κ1) is 24.8. The number of halogens is 1. The molecule has 5 atom stereocenters. The number of primary amides is 1. The maximum absolute atomic E-state index is 11.7. The van der Waals surface area contributed by atoms with Gasteiger partial charge in [-0.2, -0.15) is 0 Å². The number of rotatable bonds is 11. The predicted molar refractivity (Wildman–Crippen MR) is 118 cm³/mol. The van der Waals surface area contributed by atoms with Crippen LogP contribution in [0.25, 0.3) is 0 Å². The average Bonchev–Trinajstić information content (AvgIpc) is 3.16. The maximum Gasteiger partial charge on any atom is 0.241 e. The molecule has 1 aromatic heterocycles. The van der Waals surface area contributed by atoms with Gasteiger partial charge in [-0.1, -0.05) is 29.8 Å². The number of allylic oxidation sites excluding steroid dienone is 1. The number of carbonyl (C=O) groups excluding carboxylic acids is 2. The molecule has 1 amide bonds. The molecule has 0 spiro atoms. The summed E-state index contributed by atoms with van der Waals surface area (Å²) in [6.07, 6.45) is 7.85. The summed E-state index contributed by atoms with van der Waals surface area (Å²) in [4.78, 5) is 24.7. The summed E-state index contributed by atoms with van der Waals surface area (Å²) >= 11 is 7.67. The SMILES string of the molecule is Cc1sc(CCC(O)/C=C/[C@@]2([C@H]([C]=O)CC/C=C\C(N)=O)C[C@@H](O)C[C@@H]2O)cc1Cl. The second-order valence-corrected chi connectivity index (χ2v) is 9.60. The highest BCUT2D eigenvalue weighted by Crippen LogP contribution is 2.47. The van der Waals surface area contributed by atoms with Gasteiger partial charge in [-0.15, -0.1) is 11.3 Å². The Balaban J connectivity index is 2.08. The molecule has 6 nitrogen and oxygen atoms in total. The van der Waals surface area contributed by atoms with E-state index < -0.39 is 35.6 Å². The van der Waals surface area contributed by atoms with Crippen molar-refractivity contribution in [3.8, 4) is 0 Å². The third-order valence-electron chi connectivity index (χ3n) is 5.62. The molecule has 1 radical (unpaired) electrons. The lowest BCUT2D eigenvalue weighted by Gasteiger charge is -2.34. The highest BCUT2D eigenvalue weighted by Gasteiger charge is 2.49. The van der Waals surface area contributed by atoms with Crippen molar-refractivity contribution in [2.75, 3.05) is 0 Å². The number of aliphatic hydroxyl groups excluding tert-OH is 3. The van der Waals surface area contributed by atoms with Gasteiger partial charge in [0.05, 0.1) is 23.3 Å². The Labute approximate surface area is 186 Å². The predicted octanol–water partition coefficient (Wildman–Crippen LogP) is 2.61. The van der Waals surface area contributed by atoms with Crippen LogP contribution >= 0.6 is 22.9 Å². The molecule has 1 unspecified atom stereocenters. The lowest BCUT2D eigenvalue weighted by Crippen LogP contribution is -2.37. The van der Waals surface area contributed by atoms with Gasteiger partial charge in [-0.3, -0.25) is 9.59 Å². The van der Waals surface area contributed by atoms with Crippen LogP contribution in [0.4, 0.5) is 0 Å². The smallest absolute Gasteiger partial charge is 0.241 e. The highest BCUT2D eigenvalue weighted by molar-refractivity contribution is 7.12. The summed E-state index contributed by atoms with van der Waals surface area (Å²) in [7, 11) is 0. The number of hydrogen-bond donors (Lipinski definition) is 4. The average molecular weight is 455 g/mol. The molecule has 2 rings (SSSR count). The molecule has 0 aromatic carbocycles. The summed E-state index contributed by atoms with van der Waals surface area (Å²) < 4.78 is 0. The number of aryl methyl sites for hydroxylation is 2. The molecule has 0 saturated heterocycles. The minimum atomic E-state index is -1.01. The van der Waals surface area contributed by atoms with E-state index in [4.69, 9.17) is 17.3 Å². The Morgan fingerprint density at radius 3 is 2.73 bits per heavy atom. The van der Waals surface area contributed by atoms with Gasteiger partial charge in [0.2, 0.25) is 12.2 Å².